The molecule has 1 atom stereocenters. The van der Waals surface area contributed by atoms with Gasteiger partial charge in [0.25, 0.3) is 0 Å². The quantitative estimate of drug-likeness (QED) is 0.750. The topological polar surface area (TPSA) is 66.4 Å². The molecule has 0 radical (unpaired) electrons. The molecule has 2 rings (SSSR count). The minimum absolute atomic E-state index is 0.105. The molecule has 1 aliphatic heterocycles. The SMILES string of the molecule is C=C1CC(=O)C(Cc2ccc(O)cc2)C(=O)N1. The minimum Gasteiger partial charge on any atom is -0.508 e. The summed E-state index contributed by atoms with van der Waals surface area (Å²) in [6.45, 7) is 3.58. The maximum absolute atomic E-state index is 11.7. The van der Waals surface area contributed by atoms with Crippen LogP contribution in [0, 0.1) is 5.92 Å². The summed E-state index contributed by atoms with van der Waals surface area (Å²) in [7, 11) is 0. The molecule has 1 aliphatic rings. The van der Waals surface area contributed by atoms with Crippen molar-refractivity contribution in [1.82, 2.24) is 5.32 Å². The van der Waals surface area contributed by atoms with E-state index in [-0.39, 0.29) is 23.9 Å². The number of aromatic hydroxyl groups is 1. The van der Waals surface area contributed by atoms with Crippen LogP contribution in [0.1, 0.15) is 12.0 Å². The molecule has 1 aromatic carbocycles. The van der Waals surface area contributed by atoms with E-state index in [9.17, 15) is 9.59 Å². The zero-order valence-electron chi connectivity index (χ0n) is 9.27. The van der Waals surface area contributed by atoms with Crippen LogP contribution in [0.25, 0.3) is 0 Å². The van der Waals surface area contributed by atoms with Gasteiger partial charge in [-0.15, -0.1) is 0 Å². The second-order valence-electron chi connectivity index (χ2n) is 4.16. The number of allylic oxidation sites excluding steroid dienone is 1. The highest BCUT2D eigenvalue weighted by Gasteiger charge is 2.31. The average molecular weight is 231 g/mol. The molecule has 0 spiro atoms. The number of phenols is 1. The number of carbonyl (C=O) groups is 2. The highest BCUT2D eigenvalue weighted by molar-refractivity contribution is 6.05. The first-order chi connectivity index (χ1) is 8.06. The number of carbonyl (C=O) groups excluding carboxylic acids is 2. The molecule has 0 aliphatic carbocycles. The molecule has 1 unspecified atom stereocenters. The molecule has 0 aromatic heterocycles. The van der Waals surface area contributed by atoms with E-state index >= 15 is 0 Å². The number of hydrogen-bond donors (Lipinski definition) is 2. The fourth-order valence-corrected chi connectivity index (χ4v) is 1.86. The van der Waals surface area contributed by atoms with Gasteiger partial charge < -0.3 is 10.4 Å². The Morgan fingerprint density at radius 1 is 1.29 bits per heavy atom. The van der Waals surface area contributed by atoms with Crippen molar-refractivity contribution in [1.29, 1.82) is 0 Å². The Kier molecular flexibility index (Phi) is 2.95. The highest BCUT2D eigenvalue weighted by Crippen LogP contribution is 2.19. The van der Waals surface area contributed by atoms with Crippen molar-refractivity contribution in [3.8, 4) is 5.75 Å². The van der Waals surface area contributed by atoms with Crippen LogP contribution in [0.15, 0.2) is 36.5 Å². The molecule has 1 saturated heterocycles. The van der Waals surface area contributed by atoms with Crippen molar-refractivity contribution in [2.75, 3.05) is 0 Å². The molecule has 0 saturated carbocycles. The van der Waals surface area contributed by atoms with Gasteiger partial charge in [-0.3, -0.25) is 9.59 Å². The van der Waals surface area contributed by atoms with Crippen molar-refractivity contribution in [3.63, 3.8) is 0 Å². The van der Waals surface area contributed by atoms with Crippen molar-refractivity contribution >= 4 is 11.7 Å². The summed E-state index contributed by atoms with van der Waals surface area (Å²) in [6.07, 6.45) is 0.562. The number of nitrogens with one attached hydrogen (secondary N) is 1. The minimum atomic E-state index is -0.648. The fraction of sp³-hybridized carbons (Fsp3) is 0.231. The average Bonchev–Trinajstić information content (AvgIpc) is 2.26. The van der Waals surface area contributed by atoms with E-state index in [1.165, 1.54) is 0 Å². The number of amides is 1. The van der Waals surface area contributed by atoms with E-state index in [0.29, 0.717) is 12.1 Å². The molecule has 17 heavy (non-hydrogen) atoms. The fourth-order valence-electron chi connectivity index (χ4n) is 1.86. The molecular formula is C13H13NO3. The van der Waals surface area contributed by atoms with Crippen LogP contribution in [0.5, 0.6) is 5.75 Å². The summed E-state index contributed by atoms with van der Waals surface area (Å²) in [5, 5.41) is 11.7. The number of phenolic OH excluding ortho intramolecular Hbond substituents is 1. The van der Waals surface area contributed by atoms with Gasteiger partial charge >= 0.3 is 0 Å². The first-order valence-corrected chi connectivity index (χ1v) is 5.35. The lowest BCUT2D eigenvalue weighted by atomic mass is 9.89. The van der Waals surface area contributed by atoms with E-state index in [1.54, 1.807) is 24.3 Å². The van der Waals surface area contributed by atoms with Crippen LogP contribution in [0.4, 0.5) is 0 Å². The second kappa shape index (κ2) is 4.41. The van der Waals surface area contributed by atoms with Crippen molar-refractivity contribution in [2.24, 2.45) is 5.92 Å². The maximum atomic E-state index is 11.7. The van der Waals surface area contributed by atoms with Gasteiger partial charge in [0, 0.05) is 12.1 Å². The first kappa shape index (κ1) is 11.4. The largest absolute Gasteiger partial charge is 0.508 e. The number of hydrogen-bond acceptors (Lipinski definition) is 3. The Labute approximate surface area is 99.0 Å². The molecular weight excluding hydrogens is 218 g/mol. The number of benzene rings is 1. The van der Waals surface area contributed by atoms with Gasteiger partial charge in [-0.25, -0.2) is 0 Å². The molecule has 0 bridgehead atoms. The standard InChI is InChI=1S/C13H13NO3/c1-8-6-12(16)11(13(17)14-8)7-9-2-4-10(15)5-3-9/h2-5,11,15H,1,6-7H2,(H,14,17). The van der Waals surface area contributed by atoms with Gasteiger partial charge in [-0.05, 0) is 24.1 Å². The zero-order chi connectivity index (χ0) is 12.4. The molecule has 1 amide bonds. The number of rotatable bonds is 2. The molecule has 4 heteroatoms. The van der Waals surface area contributed by atoms with Gasteiger partial charge in [0.15, 0.2) is 5.78 Å². The van der Waals surface area contributed by atoms with E-state index in [2.05, 4.69) is 11.9 Å². The summed E-state index contributed by atoms with van der Waals surface area (Å²) in [5.41, 5.74) is 1.31. The Morgan fingerprint density at radius 3 is 2.53 bits per heavy atom. The number of Topliss-reactive ketones (excluding diaryl/α,β-unsaturated/α-hetero) is 1. The van der Waals surface area contributed by atoms with Crippen LogP contribution in [-0.4, -0.2) is 16.8 Å². The van der Waals surface area contributed by atoms with E-state index in [0.717, 1.165) is 5.56 Å². The van der Waals surface area contributed by atoms with Crippen LogP contribution in [-0.2, 0) is 16.0 Å². The van der Waals surface area contributed by atoms with Gasteiger partial charge in [0.1, 0.15) is 11.7 Å². The van der Waals surface area contributed by atoms with Crippen molar-refractivity contribution < 1.29 is 14.7 Å². The Hall–Kier alpha value is -2.10. The Balaban J connectivity index is 2.12. The van der Waals surface area contributed by atoms with Crippen LogP contribution in [0.3, 0.4) is 0 Å². The smallest absolute Gasteiger partial charge is 0.235 e. The van der Waals surface area contributed by atoms with Gasteiger partial charge in [-0.2, -0.15) is 0 Å². The summed E-state index contributed by atoms with van der Waals surface area (Å²) >= 11 is 0. The molecule has 1 aromatic rings. The lowest BCUT2D eigenvalue weighted by molar-refractivity contribution is -0.135. The lowest BCUT2D eigenvalue weighted by Gasteiger charge is -2.22. The van der Waals surface area contributed by atoms with Crippen LogP contribution in [0.2, 0.25) is 0 Å². The Morgan fingerprint density at radius 2 is 1.94 bits per heavy atom. The van der Waals surface area contributed by atoms with E-state index in [1.807, 2.05) is 0 Å². The first-order valence-electron chi connectivity index (χ1n) is 5.35. The lowest BCUT2D eigenvalue weighted by Crippen LogP contribution is -2.41. The van der Waals surface area contributed by atoms with Gasteiger partial charge in [0.05, 0.1) is 0 Å². The predicted octanol–water partition coefficient (Wildman–Crippen LogP) is 1.15. The predicted molar refractivity (Wildman–Crippen MR) is 62.2 cm³/mol. The third kappa shape index (κ3) is 2.53. The molecule has 4 nitrogen and oxygen atoms in total. The normalized spacial score (nSPS) is 20.2. The summed E-state index contributed by atoms with van der Waals surface area (Å²) in [6, 6.07) is 6.50. The number of piperidine rings is 1. The zero-order valence-corrected chi connectivity index (χ0v) is 9.27. The van der Waals surface area contributed by atoms with Gasteiger partial charge in [0.2, 0.25) is 5.91 Å². The molecule has 88 valence electrons. The molecule has 1 heterocycles. The summed E-state index contributed by atoms with van der Waals surface area (Å²) in [5.74, 6) is -0.877. The summed E-state index contributed by atoms with van der Waals surface area (Å²) < 4.78 is 0. The summed E-state index contributed by atoms with van der Waals surface area (Å²) in [4.78, 5) is 23.4. The second-order valence-corrected chi connectivity index (χ2v) is 4.16. The maximum Gasteiger partial charge on any atom is 0.235 e. The monoisotopic (exact) mass is 231 g/mol. The van der Waals surface area contributed by atoms with E-state index < -0.39 is 5.92 Å². The number of ketones is 1. The molecule has 1 fully saturated rings. The highest BCUT2D eigenvalue weighted by atomic mass is 16.3. The Bertz CT molecular complexity index is 456. The molecule has 2 N–H and O–H groups in total. The third-order valence-electron chi connectivity index (χ3n) is 2.77. The van der Waals surface area contributed by atoms with Gasteiger partial charge in [-0.1, -0.05) is 18.7 Å². The van der Waals surface area contributed by atoms with Crippen LogP contribution >= 0.6 is 0 Å². The van der Waals surface area contributed by atoms with E-state index in [4.69, 9.17) is 5.11 Å². The van der Waals surface area contributed by atoms with Crippen LogP contribution < -0.4 is 5.32 Å². The van der Waals surface area contributed by atoms with Crippen molar-refractivity contribution in [3.05, 3.63) is 42.1 Å². The van der Waals surface area contributed by atoms with Crippen molar-refractivity contribution in [2.45, 2.75) is 12.8 Å². The third-order valence-corrected chi connectivity index (χ3v) is 2.77.